The summed E-state index contributed by atoms with van der Waals surface area (Å²) in [5.74, 6) is 0. The molecule has 4 rings (SSSR count). The number of aromatic nitrogens is 1. The zero-order chi connectivity index (χ0) is 17.3. The van der Waals surface area contributed by atoms with Crippen molar-refractivity contribution in [3.8, 4) is 0 Å². The fourth-order valence-corrected chi connectivity index (χ4v) is 5.21. The molecule has 2 aliphatic rings. The van der Waals surface area contributed by atoms with E-state index in [1.165, 1.54) is 16.7 Å². The van der Waals surface area contributed by atoms with Crippen molar-refractivity contribution < 1.29 is 8.42 Å². The van der Waals surface area contributed by atoms with E-state index in [1.54, 1.807) is 22.8 Å². The van der Waals surface area contributed by atoms with Gasteiger partial charge in [-0.25, -0.2) is 8.42 Å². The molecular formula is C19H23N3O2S. The smallest absolute Gasteiger partial charge is 0.243 e. The van der Waals surface area contributed by atoms with Crippen molar-refractivity contribution in [3.05, 3.63) is 59.4 Å². The molecule has 0 radical (unpaired) electrons. The molecule has 0 spiro atoms. The van der Waals surface area contributed by atoms with Crippen molar-refractivity contribution in [1.82, 2.24) is 14.2 Å². The quantitative estimate of drug-likeness (QED) is 0.841. The maximum Gasteiger partial charge on any atom is 0.243 e. The van der Waals surface area contributed by atoms with E-state index in [0.717, 1.165) is 38.9 Å². The third-order valence-corrected chi connectivity index (χ3v) is 7.09. The summed E-state index contributed by atoms with van der Waals surface area (Å²) >= 11 is 0. The van der Waals surface area contributed by atoms with E-state index in [4.69, 9.17) is 0 Å². The Morgan fingerprint density at radius 3 is 2.40 bits per heavy atom. The first-order valence-electron chi connectivity index (χ1n) is 8.86. The van der Waals surface area contributed by atoms with E-state index in [-0.39, 0.29) is 0 Å². The summed E-state index contributed by atoms with van der Waals surface area (Å²) in [6.07, 6.45) is 6.79. The average Bonchev–Trinajstić information content (AvgIpc) is 3.11. The van der Waals surface area contributed by atoms with Gasteiger partial charge in [0.15, 0.2) is 0 Å². The first-order chi connectivity index (χ1) is 12.1. The summed E-state index contributed by atoms with van der Waals surface area (Å²) in [4.78, 5) is 6.79. The molecule has 0 bridgehead atoms. The molecule has 1 saturated heterocycles. The zero-order valence-corrected chi connectivity index (χ0v) is 15.1. The minimum absolute atomic E-state index is 0.454. The van der Waals surface area contributed by atoms with E-state index < -0.39 is 10.0 Å². The van der Waals surface area contributed by atoms with Crippen LogP contribution in [0.5, 0.6) is 0 Å². The minimum Gasteiger partial charge on any atom is -0.296 e. The number of hydrogen-bond donors (Lipinski definition) is 0. The molecule has 1 fully saturated rings. The van der Waals surface area contributed by atoms with Gasteiger partial charge < -0.3 is 0 Å². The van der Waals surface area contributed by atoms with Crippen LogP contribution in [0.1, 0.15) is 23.1 Å². The normalized spacial score (nSPS) is 19.0. The molecule has 2 aromatic rings. The van der Waals surface area contributed by atoms with Crippen molar-refractivity contribution in [2.75, 3.05) is 26.2 Å². The molecule has 1 aliphatic heterocycles. The van der Waals surface area contributed by atoms with Crippen LogP contribution < -0.4 is 0 Å². The highest BCUT2D eigenvalue weighted by atomic mass is 32.2. The third-order valence-electron chi connectivity index (χ3n) is 5.19. The van der Waals surface area contributed by atoms with E-state index in [1.807, 2.05) is 24.3 Å². The van der Waals surface area contributed by atoms with Gasteiger partial charge in [-0.15, -0.1) is 0 Å². The molecule has 2 heterocycles. The van der Waals surface area contributed by atoms with Gasteiger partial charge >= 0.3 is 0 Å². The molecule has 25 heavy (non-hydrogen) atoms. The third kappa shape index (κ3) is 3.47. The number of aryl methyl sites for hydroxylation is 2. The Morgan fingerprint density at radius 2 is 1.64 bits per heavy atom. The number of hydrogen-bond acceptors (Lipinski definition) is 4. The standard InChI is InChI=1S/C19H23N3O2S/c23-25(24,19-5-4-17-2-1-3-18(17)14-19)22-12-10-21(11-13-22)15-16-6-8-20-9-7-16/h4-9,14H,1-3,10-13,15H2. The lowest BCUT2D eigenvalue weighted by Gasteiger charge is -2.34. The number of piperazine rings is 1. The van der Waals surface area contributed by atoms with Crippen LogP contribution in [-0.4, -0.2) is 48.8 Å². The number of pyridine rings is 1. The molecule has 0 amide bonds. The Morgan fingerprint density at radius 1 is 0.920 bits per heavy atom. The molecule has 1 aromatic heterocycles. The average molecular weight is 357 g/mol. The molecule has 0 N–H and O–H groups in total. The summed E-state index contributed by atoms with van der Waals surface area (Å²) in [5, 5.41) is 0. The fraction of sp³-hybridized carbons (Fsp3) is 0.421. The van der Waals surface area contributed by atoms with Gasteiger partial charge in [0.05, 0.1) is 4.90 Å². The van der Waals surface area contributed by atoms with E-state index in [9.17, 15) is 8.42 Å². The predicted octanol–water partition coefficient (Wildman–Crippen LogP) is 2.08. The molecule has 1 aromatic carbocycles. The van der Waals surface area contributed by atoms with Crippen molar-refractivity contribution in [2.24, 2.45) is 0 Å². The van der Waals surface area contributed by atoms with Crippen LogP contribution in [0.2, 0.25) is 0 Å². The van der Waals surface area contributed by atoms with Crippen molar-refractivity contribution in [3.63, 3.8) is 0 Å². The monoisotopic (exact) mass is 357 g/mol. The lowest BCUT2D eigenvalue weighted by Crippen LogP contribution is -2.48. The van der Waals surface area contributed by atoms with Crippen LogP contribution in [-0.2, 0) is 29.4 Å². The van der Waals surface area contributed by atoms with Crippen molar-refractivity contribution >= 4 is 10.0 Å². The number of sulfonamides is 1. The molecule has 0 saturated carbocycles. The van der Waals surface area contributed by atoms with Crippen molar-refractivity contribution in [1.29, 1.82) is 0 Å². The zero-order valence-electron chi connectivity index (χ0n) is 14.3. The van der Waals surface area contributed by atoms with Gasteiger partial charge in [0.1, 0.15) is 0 Å². The first-order valence-corrected chi connectivity index (χ1v) is 10.3. The lowest BCUT2D eigenvalue weighted by atomic mass is 10.1. The van der Waals surface area contributed by atoms with Crippen LogP contribution >= 0.6 is 0 Å². The predicted molar refractivity (Wildman–Crippen MR) is 96.7 cm³/mol. The topological polar surface area (TPSA) is 53.5 Å². The number of fused-ring (bicyclic) bond motifs is 1. The summed E-state index contributed by atoms with van der Waals surface area (Å²) in [6, 6.07) is 9.68. The van der Waals surface area contributed by atoms with Gasteiger partial charge in [0.25, 0.3) is 0 Å². The summed E-state index contributed by atoms with van der Waals surface area (Å²) in [5.41, 5.74) is 3.73. The van der Waals surface area contributed by atoms with Crippen LogP contribution in [0.15, 0.2) is 47.6 Å². The minimum atomic E-state index is -3.38. The molecule has 0 atom stereocenters. The van der Waals surface area contributed by atoms with Gasteiger partial charge in [0.2, 0.25) is 10.0 Å². The summed E-state index contributed by atoms with van der Waals surface area (Å²) in [6.45, 7) is 3.45. The van der Waals surface area contributed by atoms with Crippen molar-refractivity contribution in [2.45, 2.75) is 30.7 Å². The molecule has 6 heteroatoms. The SMILES string of the molecule is O=S(=O)(c1ccc2c(c1)CCC2)N1CCN(Cc2ccncc2)CC1. The highest BCUT2D eigenvalue weighted by Gasteiger charge is 2.29. The number of rotatable bonds is 4. The maximum atomic E-state index is 13.0. The summed E-state index contributed by atoms with van der Waals surface area (Å²) in [7, 11) is -3.38. The highest BCUT2D eigenvalue weighted by Crippen LogP contribution is 2.26. The van der Waals surface area contributed by atoms with E-state index in [2.05, 4.69) is 9.88 Å². The molecular weight excluding hydrogens is 334 g/mol. The maximum absolute atomic E-state index is 13.0. The number of nitrogens with zero attached hydrogens (tertiary/aromatic N) is 3. The Labute approximate surface area is 149 Å². The van der Waals surface area contributed by atoms with Gasteiger partial charge in [-0.05, 0) is 60.2 Å². The molecule has 0 unspecified atom stereocenters. The Balaban J connectivity index is 1.43. The second-order valence-electron chi connectivity index (χ2n) is 6.82. The fourth-order valence-electron chi connectivity index (χ4n) is 3.73. The van der Waals surface area contributed by atoms with E-state index in [0.29, 0.717) is 18.0 Å². The second kappa shape index (κ2) is 6.86. The second-order valence-corrected chi connectivity index (χ2v) is 8.76. The lowest BCUT2D eigenvalue weighted by molar-refractivity contribution is 0.181. The van der Waals surface area contributed by atoms with Crippen LogP contribution in [0.3, 0.4) is 0 Å². The molecule has 5 nitrogen and oxygen atoms in total. The van der Waals surface area contributed by atoms with Gasteiger partial charge in [-0.1, -0.05) is 6.07 Å². The Bertz CT molecular complexity index is 844. The van der Waals surface area contributed by atoms with Crippen LogP contribution in [0.4, 0.5) is 0 Å². The highest BCUT2D eigenvalue weighted by molar-refractivity contribution is 7.89. The molecule has 132 valence electrons. The van der Waals surface area contributed by atoms with E-state index >= 15 is 0 Å². The molecule has 1 aliphatic carbocycles. The van der Waals surface area contributed by atoms with Gasteiger partial charge in [0, 0.05) is 45.1 Å². The number of benzene rings is 1. The van der Waals surface area contributed by atoms with Gasteiger partial charge in [-0.2, -0.15) is 4.31 Å². The largest absolute Gasteiger partial charge is 0.296 e. The van der Waals surface area contributed by atoms with Crippen LogP contribution in [0, 0.1) is 0 Å². The van der Waals surface area contributed by atoms with Crippen LogP contribution in [0.25, 0.3) is 0 Å². The first kappa shape index (κ1) is 16.7. The Kier molecular flexibility index (Phi) is 4.58. The Hall–Kier alpha value is -1.76. The summed E-state index contributed by atoms with van der Waals surface area (Å²) < 4.78 is 27.5. The van der Waals surface area contributed by atoms with Gasteiger partial charge in [-0.3, -0.25) is 9.88 Å².